The second-order valence-corrected chi connectivity index (χ2v) is 7.40. The molecular formula is C16H25NO. The van der Waals surface area contributed by atoms with E-state index in [1.54, 1.807) is 0 Å². The molecule has 100 valence electrons. The highest BCUT2D eigenvalue weighted by atomic mass is 16.5. The zero-order valence-electron chi connectivity index (χ0n) is 12.5. The van der Waals surface area contributed by atoms with Gasteiger partial charge in [0.2, 0.25) is 5.88 Å². The van der Waals surface area contributed by atoms with Gasteiger partial charge in [0.05, 0.1) is 5.69 Å². The number of nitrogens with zero attached hydrogens (tertiary/aromatic N) is 1. The Morgan fingerprint density at radius 2 is 1.61 bits per heavy atom. The molecule has 1 fully saturated rings. The largest absolute Gasteiger partial charge is 0.474 e. The second kappa shape index (κ2) is 4.25. The summed E-state index contributed by atoms with van der Waals surface area (Å²) in [5.74, 6) is 0.801. The van der Waals surface area contributed by atoms with E-state index in [0.29, 0.717) is 6.10 Å². The Hall–Kier alpha value is -1.05. The van der Waals surface area contributed by atoms with Crippen molar-refractivity contribution in [2.75, 3.05) is 0 Å². The van der Waals surface area contributed by atoms with Gasteiger partial charge in [-0.05, 0) is 29.9 Å². The van der Waals surface area contributed by atoms with E-state index in [1.165, 1.54) is 18.4 Å². The summed E-state index contributed by atoms with van der Waals surface area (Å²) in [6.45, 7) is 13.3. The van der Waals surface area contributed by atoms with Gasteiger partial charge in [-0.15, -0.1) is 0 Å². The van der Waals surface area contributed by atoms with Crippen LogP contribution < -0.4 is 4.74 Å². The lowest BCUT2D eigenvalue weighted by Crippen LogP contribution is -2.19. The van der Waals surface area contributed by atoms with Crippen LogP contribution in [0.25, 0.3) is 0 Å². The molecule has 1 aromatic heterocycles. The summed E-state index contributed by atoms with van der Waals surface area (Å²) in [6, 6.07) is 4.33. The first-order valence-corrected chi connectivity index (χ1v) is 6.86. The third-order valence-corrected chi connectivity index (χ3v) is 3.25. The van der Waals surface area contributed by atoms with Gasteiger partial charge in [0.25, 0.3) is 0 Å². The Bertz CT molecular complexity index is 401. The molecule has 0 aliphatic heterocycles. The highest BCUT2D eigenvalue weighted by molar-refractivity contribution is 5.33. The van der Waals surface area contributed by atoms with Crippen molar-refractivity contribution in [2.24, 2.45) is 0 Å². The Balaban J connectivity index is 2.40. The first kappa shape index (κ1) is 13.4. The van der Waals surface area contributed by atoms with Gasteiger partial charge >= 0.3 is 0 Å². The number of rotatable bonds is 2. The molecule has 2 rings (SSSR count). The van der Waals surface area contributed by atoms with Crippen LogP contribution in [0.3, 0.4) is 0 Å². The van der Waals surface area contributed by atoms with Gasteiger partial charge in [-0.25, -0.2) is 4.98 Å². The summed E-state index contributed by atoms with van der Waals surface area (Å²) >= 11 is 0. The molecule has 1 aliphatic carbocycles. The van der Waals surface area contributed by atoms with Crippen molar-refractivity contribution >= 4 is 0 Å². The van der Waals surface area contributed by atoms with Crippen molar-refractivity contribution in [3.63, 3.8) is 0 Å². The number of aromatic nitrogens is 1. The molecule has 2 nitrogen and oxygen atoms in total. The number of pyridine rings is 1. The predicted octanol–water partition coefficient (Wildman–Crippen LogP) is 4.22. The molecule has 18 heavy (non-hydrogen) atoms. The molecule has 1 heterocycles. The molecule has 0 radical (unpaired) electrons. The quantitative estimate of drug-likeness (QED) is 0.780. The third-order valence-electron chi connectivity index (χ3n) is 3.25. The zero-order valence-corrected chi connectivity index (χ0v) is 12.5. The van der Waals surface area contributed by atoms with Crippen LogP contribution in [0.5, 0.6) is 5.88 Å². The predicted molar refractivity (Wildman–Crippen MR) is 75.3 cm³/mol. The van der Waals surface area contributed by atoms with Crippen LogP contribution in [0.15, 0.2) is 12.1 Å². The highest BCUT2D eigenvalue weighted by Crippen LogP contribution is 2.32. The molecule has 1 aromatic rings. The summed E-state index contributed by atoms with van der Waals surface area (Å²) in [5, 5.41) is 0. The first-order valence-electron chi connectivity index (χ1n) is 6.86. The van der Waals surface area contributed by atoms with Crippen LogP contribution in [0, 0.1) is 0 Å². The van der Waals surface area contributed by atoms with Gasteiger partial charge in [-0.3, -0.25) is 0 Å². The molecule has 0 bridgehead atoms. The lowest BCUT2D eigenvalue weighted by molar-refractivity contribution is 0.287. The van der Waals surface area contributed by atoms with Crippen molar-refractivity contribution < 1.29 is 4.74 Å². The second-order valence-electron chi connectivity index (χ2n) is 7.40. The van der Waals surface area contributed by atoms with E-state index in [-0.39, 0.29) is 10.8 Å². The fourth-order valence-corrected chi connectivity index (χ4v) is 1.74. The molecule has 0 atom stereocenters. The highest BCUT2D eigenvalue weighted by Gasteiger charge is 2.27. The monoisotopic (exact) mass is 247 g/mol. The van der Waals surface area contributed by atoms with Crippen LogP contribution in [-0.4, -0.2) is 11.1 Å². The van der Waals surface area contributed by atoms with E-state index in [0.717, 1.165) is 11.6 Å². The summed E-state index contributed by atoms with van der Waals surface area (Å²) in [7, 11) is 0. The third kappa shape index (κ3) is 3.24. The van der Waals surface area contributed by atoms with Gasteiger partial charge in [0.1, 0.15) is 6.10 Å². The van der Waals surface area contributed by atoms with Crippen molar-refractivity contribution in [2.45, 2.75) is 71.3 Å². The van der Waals surface area contributed by atoms with Crippen LogP contribution >= 0.6 is 0 Å². The van der Waals surface area contributed by atoms with Crippen LogP contribution in [0.2, 0.25) is 0 Å². The number of hydrogen-bond acceptors (Lipinski definition) is 2. The minimum absolute atomic E-state index is 0.0585. The summed E-state index contributed by atoms with van der Waals surface area (Å²) < 4.78 is 5.89. The smallest absolute Gasteiger partial charge is 0.214 e. The van der Waals surface area contributed by atoms with E-state index >= 15 is 0 Å². The van der Waals surface area contributed by atoms with Gasteiger partial charge in [-0.1, -0.05) is 41.5 Å². The van der Waals surface area contributed by atoms with Crippen molar-refractivity contribution in [1.82, 2.24) is 4.98 Å². The van der Waals surface area contributed by atoms with E-state index < -0.39 is 0 Å². The normalized spacial score (nSPS) is 16.8. The topological polar surface area (TPSA) is 22.1 Å². The van der Waals surface area contributed by atoms with Crippen molar-refractivity contribution in [3.8, 4) is 5.88 Å². The fourth-order valence-electron chi connectivity index (χ4n) is 1.74. The lowest BCUT2D eigenvalue weighted by Gasteiger charge is -2.25. The first-order chi connectivity index (χ1) is 8.16. The Labute approximate surface area is 111 Å². The van der Waals surface area contributed by atoms with Crippen LogP contribution in [0.4, 0.5) is 0 Å². The molecule has 1 saturated carbocycles. The Morgan fingerprint density at radius 1 is 1.00 bits per heavy atom. The molecule has 0 unspecified atom stereocenters. The maximum Gasteiger partial charge on any atom is 0.214 e. The lowest BCUT2D eigenvalue weighted by atomic mass is 9.83. The number of ether oxygens (including phenoxy) is 1. The van der Waals surface area contributed by atoms with E-state index in [4.69, 9.17) is 4.74 Å². The number of hydrogen-bond donors (Lipinski definition) is 0. The van der Waals surface area contributed by atoms with E-state index in [1.807, 2.05) is 0 Å². The molecule has 1 aliphatic rings. The zero-order chi connectivity index (χ0) is 13.6. The van der Waals surface area contributed by atoms with Gasteiger partial charge in [0.15, 0.2) is 0 Å². The van der Waals surface area contributed by atoms with Crippen LogP contribution in [-0.2, 0) is 10.8 Å². The molecule has 0 saturated heterocycles. The van der Waals surface area contributed by atoms with Crippen LogP contribution in [0.1, 0.15) is 65.6 Å². The summed E-state index contributed by atoms with van der Waals surface area (Å²) in [6.07, 6.45) is 2.75. The minimum atomic E-state index is 0.0585. The standard InChI is InChI=1S/C16H25NO/c1-15(2,3)11-9-13(16(4,5)6)17-14(10-11)18-12-7-8-12/h9-10,12H,7-8H2,1-6H3. The fraction of sp³-hybridized carbons (Fsp3) is 0.688. The van der Waals surface area contributed by atoms with Crippen molar-refractivity contribution in [3.05, 3.63) is 23.4 Å². The average molecular weight is 247 g/mol. The molecule has 0 N–H and O–H groups in total. The SMILES string of the molecule is CC(C)(C)c1cc(OC2CC2)nc(C(C)(C)C)c1. The molecular weight excluding hydrogens is 222 g/mol. The molecule has 2 heteroatoms. The van der Waals surface area contributed by atoms with E-state index in [9.17, 15) is 0 Å². The Morgan fingerprint density at radius 3 is 2.06 bits per heavy atom. The Kier molecular flexibility index (Phi) is 3.16. The van der Waals surface area contributed by atoms with E-state index in [2.05, 4.69) is 58.7 Å². The average Bonchev–Trinajstić information content (AvgIpc) is 2.98. The summed E-state index contributed by atoms with van der Waals surface area (Å²) in [5.41, 5.74) is 2.61. The van der Waals surface area contributed by atoms with Gasteiger partial charge < -0.3 is 4.74 Å². The molecule has 0 aromatic carbocycles. The molecule has 0 amide bonds. The van der Waals surface area contributed by atoms with Crippen molar-refractivity contribution in [1.29, 1.82) is 0 Å². The maximum atomic E-state index is 5.89. The molecule has 0 spiro atoms. The van der Waals surface area contributed by atoms with Gasteiger partial charge in [0, 0.05) is 11.5 Å². The van der Waals surface area contributed by atoms with Gasteiger partial charge in [-0.2, -0.15) is 0 Å². The summed E-state index contributed by atoms with van der Waals surface area (Å²) in [4.78, 5) is 4.68. The maximum absolute atomic E-state index is 5.89. The minimum Gasteiger partial charge on any atom is -0.474 e.